The van der Waals surface area contributed by atoms with Gasteiger partial charge in [0.05, 0.1) is 0 Å². The van der Waals surface area contributed by atoms with E-state index in [9.17, 15) is 13.6 Å². The van der Waals surface area contributed by atoms with Gasteiger partial charge < -0.3 is 20.5 Å². The van der Waals surface area contributed by atoms with Crippen LogP contribution in [0.4, 0.5) is 25.8 Å². The van der Waals surface area contributed by atoms with Crippen molar-refractivity contribution in [3.8, 4) is 0 Å². The fraction of sp³-hybridized carbons (Fsp3) is 0.333. The molecule has 2 heterocycles. The van der Waals surface area contributed by atoms with E-state index in [1.54, 1.807) is 37.3 Å². The molecule has 5 nitrogen and oxygen atoms in total. The monoisotopic (exact) mass is 424 g/mol. The van der Waals surface area contributed by atoms with Gasteiger partial charge in [-0.3, -0.25) is 4.79 Å². The summed E-state index contributed by atoms with van der Waals surface area (Å²) in [5.74, 6) is 0.0869. The Hall–Kier alpha value is -3.22. The van der Waals surface area contributed by atoms with Crippen molar-refractivity contribution >= 4 is 34.8 Å². The number of carbonyl (C=O) groups excluding carboxylic acids is 1. The number of hydrogen-bond donors (Lipinski definition) is 2. The molecule has 2 aliphatic rings. The highest BCUT2D eigenvalue weighted by molar-refractivity contribution is 6.09. The number of fused-ring (bicyclic) bond motifs is 2. The van der Waals surface area contributed by atoms with E-state index in [0.717, 1.165) is 60.2 Å². The van der Waals surface area contributed by atoms with Crippen LogP contribution in [0.1, 0.15) is 41.5 Å². The highest BCUT2D eigenvalue weighted by Gasteiger charge is 2.26. The molecule has 0 saturated carbocycles. The molecule has 7 heteroatoms. The largest absolute Gasteiger partial charge is 0.393 e. The van der Waals surface area contributed by atoms with Gasteiger partial charge in [0.1, 0.15) is 0 Å². The average Bonchev–Trinajstić information content (AvgIpc) is 2.78. The Morgan fingerprint density at radius 2 is 1.94 bits per heavy atom. The molecule has 1 amide bonds. The zero-order valence-electron chi connectivity index (χ0n) is 17.7. The molecule has 31 heavy (non-hydrogen) atoms. The summed E-state index contributed by atoms with van der Waals surface area (Å²) in [5.41, 5.74) is 5.38. The summed E-state index contributed by atoms with van der Waals surface area (Å²) in [6.45, 7) is 0.718. The summed E-state index contributed by atoms with van der Waals surface area (Å²) in [4.78, 5) is 15.9. The van der Waals surface area contributed by atoms with Gasteiger partial charge in [-0.1, -0.05) is 6.07 Å². The molecule has 2 aromatic rings. The van der Waals surface area contributed by atoms with Crippen molar-refractivity contribution in [2.24, 2.45) is 0 Å². The number of alkyl halides is 2. The van der Waals surface area contributed by atoms with Crippen molar-refractivity contribution in [3.05, 3.63) is 58.8 Å². The van der Waals surface area contributed by atoms with E-state index in [0.29, 0.717) is 17.6 Å². The molecule has 0 fully saturated rings. The molecule has 0 aliphatic carbocycles. The predicted octanol–water partition coefficient (Wildman–Crippen LogP) is 4.83. The number of nitrogens with zero attached hydrogens (tertiary/aromatic N) is 2. The average molecular weight is 424 g/mol. The van der Waals surface area contributed by atoms with E-state index in [1.807, 2.05) is 18.2 Å². The minimum absolute atomic E-state index is 0.0825. The zero-order valence-corrected chi connectivity index (χ0v) is 17.7. The van der Waals surface area contributed by atoms with Crippen molar-refractivity contribution in [1.29, 1.82) is 5.41 Å². The molecule has 0 aromatic heterocycles. The van der Waals surface area contributed by atoms with Gasteiger partial charge >= 0.3 is 0 Å². The second kappa shape index (κ2) is 8.49. The first-order valence-electron chi connectivity index (χ1n) is 10.4. The van der Waals surface area contributed by atoms with Crippen LogP contribution in [0.15, 0.2) is 36.5 Å². The zero-order chi connectivity index (χ0) is 22.1. The quantitative estimate of drug-likeness (QED) is 0.676. The molecule has 4 rings (SSSR count). The normalized spacial score (nSPS) is 16.3. The Bertz CT molecular complexity index is 1060. The van der Waals surface area contributed by atoms with Crippen LogP contribution in [0.3, 0.4) is 0 Å². The van der Waals surface area contributed by atoms with Gasteiger partial charge in [-0.25, -0.2) is 8.78 Å². The second-order valence-electron chi connectivity index (χ2n) is 7.92. The van der Waals surface area contributed by atoms with Crippen LogP contribution >= 0.6 is 0 Å². The molecule has 2 aliphatic heterocycles. The van der Waals surface area contributed by atoms with Gasteiger partial charge in [-0.05, 0) is 60.2 Å². The first-order valence-corrected chi connectivity index (χ1v) is 10.4. The molecule has 0 spiro atoms. The van der Waals surface area contributed by atoms with E-state index in [1.165, 1.54) is 0 Å². The summed E-state index contributed by atoms with van der Waals surface area (Å²) in [6, 6.07) is 9.40. The highest BCUT2D eigenvalue weighted by Crippen LogP contribution is 2.41. The van der Waals surface area contributed by atoms with Crippen LogP contribution in [-0.2, 0) is 17.6 Å². The smallest absolute Gasteiger partial charge is 0.264 e. The van der Waals surface area contributed by atoms with Gasteiger partial charge in [0.25, 0.3) is 6.43 Å². The Balaban J connectivity index is 1.82. The van der Waals surface area contributed by atoms with Crippen molar-refractivity contribution in [2.75, 3.05) is 30.4 Å². The first-order chi connectivity index (χ1) is 14.9. The number of amides is 1. The lowest BCUT2D eigenvalue weighted by molar-refractivity contribution is -0.118. The lowest BCUT2D eigenvalue weighted by Gasteiger charge is -2.34. The fourth-order valence-electron chi connectivity index (χ4n) is 4.49. The van der Waals surface area contributed by atoms with Crippen molar-refractivity contribution in [2.45, 2.75) is 32.1 Å². The summed E-state index contributed by atoms with van der Waals surface area (Å²) < 4.78 is 28.0. The number of aryl methyl sites for hydroxylation is 2. The Morgan fingerprint density at radius 1 is 1.13 bits per heavy atom. The van der Waals surface area contributed by atoms with Gasteiger partial charge in [0.2, 0.25) is 5.91 Å². The molecule has 2 N–H and O–H groups in total. The molecule has 0 radical (unpaired) electrons. The van der Waals surface area contributed by atoms with Crippen molar-refractivity contribution in [1.82, 2.24) is 5.32 Å². The van der Waals surface area contributed by atoms with E-state index in [4.69, 9.17) is 5.41 Å². The van der Waals surface area contributed by atoms with Crippen molar-refractivity contribution < 1.29 is 13.6 Å². The maximum atomic E-state index is 14.0. The van der Waals surface area contributed by atoms with Crippen LogP contribution in [0.25, 0.3) is 5.57 Å². The topological polar surface area (TPSA) is 59.4 Å². The maximum Gasteiger partial charge on any atom is 0.264 e. The summed E-state index contributed by atoms with van der Waals surface area (Å²) >= 11 is 0. The third kappa shape index (κ3) is 3.80. The van der Waals surface area contributed by atoms with Crippen LogP contribution in [0, 0.1) is 5.41 Å². The second-order valence-corrected chi connectivity index (χ2v) is 7.92. The SMILES string of the molecule is CN/C=C(\C=N)c1cc2c(cc1C(F)F)N(c1ccc3c(c1)N(C)C(=O)CC3)CCC2. The van der Waals surface area contributed by atoms with Gasteiger partial charge in [0, 0.05) is 67.7 Å². The summed E-state index contributed by atoms with van der Waals surface area (Å²) in [7, 11) is 3.46. The number of carbonyl (C=O) groups is 1. The molecular formula is C24H26F2N4O. The molecule has 0 atom stereocenters. The molecular weight excluding hydrogens is 398 g/mol. The molecule has 162 valence electrons. The standard InChI is InChI=1S/C24H26F2N4O/c1-28-14-17(13-27)19-10-16-4-3-9-30(22(16)12-20(19)24(25)26)18-7-5-15-6-8-23(31)29(2)21(15)11-18/h5,7,10-14,24,27-28H,3-4,6,8-9H2,1-2H3/b17-14+,27-13?. The number of allylic oxidation sites excluding steroid dienone is 1. The van der Waals surface area contributed by atoms with Crippen LogP contribution < -0.4 is 15.1 Å². The number of benzene rings is 2. The van der Waals surface area contributed by atoms with Crippen LogP contribution in [0.5, 0.6) is 0 Å². The highest BCUT2D eigenvalue weighted by atomic mass is 19.3. The summed E-state index contributed by atoms with van der Waals surface area (Å²) in [5, 5.41) is 10.5. The van der Waals surface area contributed by atoms with Crippen LogP contribution in [-0.4, -0.2) is 32.8 Å². The number of nitrogens with one attached hydrogen (secondary N) is 2. The fourth-order valence-corrected chi connectivity index (χ4v) is 4.49. The minimum Gasteiger partial charge on any atom is -0.393 e. The van der Waals surface area contributed by atoms with Gasteiger partial charge in [-0.15, -0.1) is 0 Å². The maximum absolute atomic E-state index is 14.0. The Labute approximate surface area is 180 Å². The van der Waals surface area contributed by atoms with Gasteiger partial charge in [0.15, 0.2) is 0 Å². The molecule has 2 aromatic carbocycles. The summed E-state index contributed by atoms with van der Waals surface area (Å²) in [6.07, 6.45) is 2.91. The third-order valence-corrected chi connectivity index (χ3v) is 6.10. The van der Waals surface area contributed by atoms with E-state index >= 15 is 0 Å². The number of hydrogen-bond acceptors (Lipinski definition) is 4. The van der Waals surface area contributed by atoms with Gasteiger partial charge in [-0.2, -0.15) is 0 Å². The number of anilines is 3. The van der Waals surface area contributed by atoms with Crippen LogP contribution in [0.2, 0.25) is 0 Å². The lowest BCUT2D eigenvalue weighted by Crippen LogP contribution is -2.31. The predicted molar refractivity (Wildman–Crippen MR) is 121 cm³/mol. The Kier molecular flexibility index (Phi) is 5.76. The Morgan fingerprint density at radius 3 is 2.65 bits per heavy atom. The minimum atomic E-state index is -2.66. The first kappa shape index (κ1) is 21.0. The number of rotatable bonds is 5. The third-order valence-electron chi connectivity index (χ3n) is 6.10. The van der Waals surface area contributed by atoms with Crippen molar-refractivity contribution in [3.63, 3.8) is 0 Å². The molecule has 0 unspecified atom stereocenters. The van der Waals surface area contributed by atoms with E-state index < -0.39 is 6.43 Å². The number of halogens is 2. The van der Waals surface area contributed by atoms with E-state index in [2.05, 4.69) is 10.2 Å². The lowest BCUT2D eigenvalue weighted by atomic mass is 9.91. The molecule has 0 saturated heterocycles. The molecule has 0 bridgehead atoms. The van der Waals surface area contributed by atoms with E-state index in [-0.39, 0.29) is 11.5 Å².